The molecule has 6 nitrogen and oxygen atoms in total. The second kappa shape index (κ2) is 7.12. The van der Waals surface area contributed by atoms with E-state index in [0.717, 1.165) is 17.7 Å². The Balaban J connectivity index is 1.68. The first-order valence-corrected chi connectivity index (χ1v) is 8.02. The fourth-order valence-electron chi connectivity index (χ4n) is 2.69. The van der Waals surface area contributed by atoms with Crippen molar-refractivity contribution in [2.75, 3.05) is 0 Å². The summed E-state index contributed by atoms with van der Waals surface area (Å²) in [5.41, 5.74) is 2.70. The predicted molar refractivity (Wildman–Crippen MR) is 91.5 cm³/mol. The summed E-state index contributed by atoms with van der Waals surface area (Å²) >= 11 is 0. The number of nitrogens with one attached hydrogen (secondary N) is 1. The lowest BCUT2D eigenvalue weighted by atomic mass is 10.1. The number of aromatic nitrogens is 4. The summed E-state index contributed by atoms with van der Waals surface area (Å²) in [5, 5.41) is 11.5. The summed E-state index contributed by atoms with van der Waals surface area (Å²) in [6.45, 7) is 2.68. The number of nitrogens with zero attached hydrogens (tertiary/aromatic N) is 4. The molecule has 0 spiro atoms. The average Bonchev–Trinajstić information content (AvgIpc) is 3.23. The van der Waals surface area contributed by atoms with Gasteiger partial charge in [0.2, 0.25) is 0 Å². The summed E-state index contributed by atoms with van der Waals surface area (Å²) in [5.74, 6) is -0.123. The van der Waals surface area contributed by atoms with Gasteiger partial charge in [0.15, 0.2) is 0 Å². The van der Waals surface area contributed by atoms with Crippen molar-refractivity contribution in [2.24, 2.45) is 7.05 Å². The predicted octanol–water partition coefficient (Wildman–Crippen LogP) is 2.55. The van der Waals surface area contributed by atoms with Crippen LogP contribution < -0.4 is 5.32 Å². The molecule has 0 aliphatic carbocycles. The molecule has 2 heterocycles. The molecule has 0 radical (unpaired) electrons. The Morgan fingerprint density at radius 2 is 2.00 bits per heavy atom. The van der Waals surface area contributed by atoms with Crippen LogP contribution in [-0.4, -0.2) is 25.5 Å². The molecule has 1 atom stereocenters. The smallest absolute Gasteiger partial charge is 0.255 e. The van der Waals surface area contributed by atoms with E-state index < -0.39 is 0 Å². The van der Waals surface area contributed by atoms with Crippen molar-refractivity contribution >= 4 is 5.91 Å². The highest BCUT2D eigenvalue weighted by atomic mass is 16.1. The number of carbonyl (C=O) groups excluding carboxylic acids is 1. The molecule has 0 saturated heterocycles. The van der Waals surface area contributed by atoms with Crippen LogP contribution in [0.2, 0.25) is 0 Å². The highest BCUT2D eigenvalue weighted by Gasteiger charge is 2.17. The normalized spacial score (nSPS) is 12.1. The molecular formula is C18H21N5O. The number of amides is 1. The molecule has 0 bridgehead atoms. The summed E-state index contributed by atoms with van der Waals surface area (Å²) in [6.07, 6.45) is 5.91. The molecule has 1 aromatic carbocycles. The van der Waals surface area contributed by atoms with Gasteiger partial charge < -0.3 is 5.32 Å². The zero-order valence-electron chi connectivity index (χ0n) is 13.9. The van der Waals surface area contributed by atoms with Gasteiger partial charge in [-0.1, -0.05) is 37.3 Å². The molecule has 6 heteroatoms. The molecule has 3 rings (SSSR count). The van der Waals surface area contributed by atoms with E-state index in [4.69, 9.17) is 0 Å². The third kappa shape index (κ3) is 3.53. The molecule has 0 aliphatic heterocycles. The fourth-order valence-corrected chi connectivity index (χ4v) is 2.69. The van der Waals surface area contributed by atoms with Gasteiger partial charge >= 0.3 is 0 Å². The molecule has 2 aromatic heterocycles. The molecule has 0 saturated carbocycles. The molecule has 3 aromatic rings. The highest BCUT2D eigenvalue weighted by molar-refractivity contribution is 5.93. The van der Waals surface area contributed by atoms with Crippen LogP contribution in [0.5, 0.6) is 0 Å². The Labute approximate surface area is 141 Å². The Kier molecular flexibility index (Phi) is 4.74. The molecule has 24 heavy (non-hydrogen) atoms. The van der Waals surface area contributed by atoms with E-state index >= 15 is 0 Å². The van der Waals surface area contributed by atoms with E-state index in [1.807, 2.05) is 50.4 Å². The minimum atomic E-state index is -0.123. The third-order valence-corrected chi connectivity index (χ3v) is 4.01. The SMILES string of the molecule is CC[C@H](NC(=O)c1cnn(Cc2ccccc2)c1)c1ccnn1C. The summed E-state index contributed by atoms with van der Waals surface area (Å²) in [4.78, 5) is 12.5. The maximum absolute atomic E-state index is 12.5. The Morgan fingerprint density at radius 1 is 1.21 bits per heavy atom. The Hall–Kier alpha value is -2.89. The van der Waals surface area contributed by atoms with Gasteiger partial charge in [-0.05, 0) is 18.1 Å². The summed E-state index contributed by atoms with van der Waals surface area (Å²) in [6, 6.07) is 11.9. The van der Waals surface area contributed by atoms with Crippen LogP contribution in [0.15, 0.2) is 55.0 Å². The van der Waals surface area contributed by atoms with E-state index in [9.17, 15) is 4.79 Å². The number of aryl methyl sites for hydroxylation is 1. The highest BCUT2D eigenvalue weighted by Crippen LogP contribution is 2.16. The van der Waals surface area contributed by atoms with Crippen LogP contribution in [-0.2, 0) is 13.6 Å². The molecule has 0 unspecified atom stereocenters. The van der Waals surface area contributed by atoms with Gasteiger partial charge in [0, 0.05) is 19.4 Å². The van der Waals surface area contributed by atoms with Crippen molar-refractivity contribution in [2.45, 2.75) is 25.9 Å². The molecular weight excluding hydrogens is 302 g/mol. The molecule has 0 aliphatic rings. The van der Waals surface area contributed by atoms with Crippen LogP contribution in [0, 0.1) is 0 Å². The first kappa shape index (κ1) is 16.0. The van der Waals surface area contributed by atoms with Gasteiger partial charge in [-0.25, -0.2) is 0 Å². The monoisotopic (exact) mass is 323 g/mol. The lowest BCUT2D eigenvalue weighted by Crippen LogP contribution is -2.29. The van der Waals surface area contributed by atoms with Gasteiger partial charge in [0.05, 0.1) is 30.0 Å². The van der Waals surface area contributed by atoms with E-state index in [2.05, 4.69) is 15.5 Å². The van der Waals surface area contributed by atoms with Crippen molar-refractivity contribution in [3.05, 3.63) is 71.8 Å². The van der Waals surface area contributed by atoms with Crippen molar-refractivity contribution in [3.8, 4) is 0 Å². The van der Waals surface area contributed by atoms with E-state index in [1.54, 1.807) is 28.0 Å². The van der Waals surface area contributed by atoms with E-state index in [0.29, 0.717) is 12.1 Å². The second-order valence-corrected chi connectivity index (χ2v) is 5.73. The zero-order valence-corrected chi connectivity index (χ0v) is 13.9. The van der Waals surface area contributed by atoms with Crippen molar-refractivity contribution < 1.29 is 4.79 Å². The van der Waals surface area contributed by atoms with Crippen molar-refractivity contribution in [1.29, 1.82) is 0 Å². The number of hydrogen-bond donors (Lipinski definition) is 1. The number of carbonyl (C=O) groups is 1. The van der Waals surface area contributed by atoms with E-state index in [1.165, 1.54) is 0 Å². The molecule has 1 N–H and O–H groups in total. The van der Waals surface area contributed by atoms with Gasteiger partial charge in [0.1, 0.15) is 0 Å². The largest absolute Gasteiger partial charge is 0.344 e. The maximum atomic E-state index is 12.5. The van der Waals surface area contributed by atoms with Crippen LogP contribution in [0.25, 0.3) is 0 Å². The van der Waals surface area contributed by atoms with Crippen molar-refractivity contribution in [3.63, 3.8) is 0 Å². The summed E-state index contributed by atoms with van der Waals surface area (Å²) in [7, 11) is 1.88. The first-order valence-electron chi connectivity index (χ1n) is 8.02. The molecule has 0 fully saturated rings. The number of benzene rings is 1. The topological polar surface area (TPSA) is 64.7 Å². The van der Waals surface area contributed by atoms with Crippen LogP contribution >= 0.6 is 0 Å². The Bertz CT molecular complexity index is 806. The minimum Gasteiger partial charge on any atom is -0.344 e. The second-order valence-electron chi connectivity index (χ2n) is 5.73. The van der Waals surface area contributed by atoms with E-state index in [-0.39, 0.29) is 11.9 Å². The van der Waals surface area contributed by atoms with Crippen LogP contribution in [0.1, 0.15) is 41.0 Å². The Morgan fingerprint density at radius 3 is 2.67 bits per heavy atom. The minimum absolute atomic E-state index is 0.0672. The number of rotatable bonds is 6. The quantitative estimate of drug-likeness (QED) is 0.758. The number of hydrogen-bond acceptors (Lipinski definition) is 3. The maximum Gasteiger partial charge on any atom is 0.255 e. The average molecular weight is 323 g/mol. The molecule has 124 valence electrons. The molecule has 1 amide bonds. The van der Waals surface area contributed by atoms with Gasteiger partial charge in [0.25, 0.3) is 5.91 Å². The lowest BCUT2D eigenvalue weighted by Gasteiger charge is -2.16. The van der Waals surface area contributed by atoms with Crippen LogP contribution in [0.4, 0.5) is 0 Å². The first-order chi connectivity index (χ1) is 11.7. The van der Waals surface area contributed by atoms with Gasteiger partial charge in [-0.2, -0.15) is 10.2 Å². The standard InChI is InChI=1S/C18H21N5O/c1-3-16(17-9-10-19-22(17)2)21-18(24)15-11-20-23(13-15)12-14-7-5-4-6-8-14/h4-11,13,16H,3,12H2,1-2H3,(H,21,24)/t16-/m0/s1. The fraction of sp³-hybridized carbons (Fsp3) is 0.278. The lowest BCUT2D eigenvalue weighted by molar-refractivity contribution is 0.0934. The van der Waals surface area contributed by atoms with Gasteiger partial charge in [-0.3, -0.25) is 14.2 Å². The van der Waals surface area contributed by atoms with Gasteiger partial charge in [-0.15, -0.1) is 0 Å². The van der Waals surface area contributed by atoms with Crippen LogP contribution in [0.3, 0.4) is 0 Å². The zero-order chi connectivity index (χ0) is 16.9. The third-order valence-electron chi connectivity index (χ3n) is 4.01. The summed E-state index contributed by atoms with van der Waals surface area (Å²) < 4.78 is 3.56. The van der Waals surface area contributed by atoms with Crippen molar-refractivity contribution in [1.82, 2.24) is 24.9 Å².